The SMILES string of the molecule is CC1=CC(C)CC(CNc2cccc(S(N)(=O)=O)c2)C1. The zero-order chi connectivity index (χ0) is 14.8. The molecule has 0 radical (unpaired) electrons. The molecule has 5 heteroatoms. The van der Waals surface area contributed by atoms with E-state index in [1.807, 2.05) is 6.07 Å². The number of nitrogens with two attached hydrogens (primary N) is 1. The fourth-order valence-electron chi connectivity index (χ4n) is 2.89. The Morgan fingerprint density at radius 2 is 2.15 bits per heavy atom. The van der Waals surface area contributed by atoms with E-state index < -0.39 is 10.0 Å². The lowest BCUT2D eigenvalue weighted by molar-refractivity contribution is 0.421. The first-order valence-electron chi connectivity index (χ1n) is 6.88. The molecule has 4 nitrogen and oxygen atoms in total. The fourth-order valence-corrected chi connectivity index (χ4v) is 3.45. The van der Waals surface area contributed by atoms with Gasteiger partial charge in [-0.2, -0.15) is 0 Å². The summed E-state index contributed by atoms with van der Waals surface area (Å²) in [7, 11) is -3.64. The largest absolute Gasteiger partial charge is 0.385 e. The van der Waals surface area contributed by atoms with E-state index in [1.54, 1.807) is 12.1 Å². The Hall–Kier alpha value is -1.33. The predicted octanol–water partition coefficient (Wildman–Crippen LogP) is 2.74. The molecule has 3 N–H and O–H groups in total. The Labute approximate surface area is 121 Å². The van der Waals surface area contributed by atoms with Crippen molar-refractivity contribution in [1.29, 1.82) is 0 Å². The zero-order valence-electron chi connectivity index (χ0n) is 12.0. The third-order valence-electron chi connectivity index (χ3n) is 3.64. The molecular weight excluding hydrogens is 272 g/mol. The molecule has 0 aliphatic heterocycles. The van der Waals surface area contributed by atoms with E-state index in [4.69, 9.17) is 5.14 Å². The van der Waals surface area contributed by atoms with E-state index >= 15 is 0 Å². The number of rotatable bonds is 4. The number of primary sulfonamides is 1. The van der Waals surface area contributed by atoms with Crippen molar-refractivity contribution in [1.82, 2.24) is 0 Å². The number of hydrogen-bond acceptors (Lipinski definition) is 3. The van der Waals surface area contributed by atoms with Crippen LogP contribution in [-0.2, 0) is 10.0 Å². The lowest BCUT2D eigenvalue weighted by Crippen LogP contribution is -2.20. The van der Waals surface area contributed by atoms with Gasteiger partial charge in [-0.25, -0.2) is 13.6 Å². The second kappa shape index (κ2) is 5.97. The maximum absolute atomic E-state index is 11.3. The molecular formula is C15H22N2O2S. The Balaban J connectivity index is 2.00. The van der Waals surface area contributed by atoms with Gasteiger partial charge in [0.2, 0.25) is 10.0 Å². The summed E-state index contributed by atoms with van der Waals surface area (Å²) in [6.07, 6.45) is 4.60. The van der Waals surface area contributed by atoms with Gasteiger partial charge >= 0.3 is 0 Å². The average molecular weight is 294 g/mol. The third-order valence-corrected chi connectivity index (χ3v) is 4.55. The van der Waals surface area contributed by atoms with E-state index in [9.17, 15) is 8.42 Å². The zero-order valence-corrected chi connectivity index (χ0v) is 12.8. The molecule has 20 heavy (non-hydrogen) atoms. The van der Waals surface area contributed by atoms with Gasteiger partial charge in [0.15, 0.2) is 0 Å². The average Bonchev–Trinajstić information content (AvgIpc) is 2.35. The van der Waals surface area contributed by atoms with Crippen molar-refractivity contribution in [2.45, 2.75) is 31.6 Å². The van der Waals surface area contributed by atoms with Gasteiger partial charge in [0.1, 0.15) is 0 Å². The normalized spacial score (nSPS) is 23.2. The summed E-state index contributed by atoms with van der Waals surface area (Å²) in [5.74, 6) is 1.21. The molecule has 1 aromatic carbocycles. The van der Waals surface area contributed by atoms with Crippen LogP contribution in [0.15, 0.2) is 40.8 Å². The molecule has 1 aliphatic rings. The fraction of sp³-hybridized carbons (Fsp3) is 0.467. The van der Waals surface area contributed by atoms with Crippen molar-refractivity contribution in [3.8, 4) is 0 Å². The highest BCUT2D eigenvalue weighted by Crippen LogP contribution is 2.28. The molecule has 0 fully saturated rings. The van der Waals surface area contributed by atoms with Crippen molar-refractivity contribution in [3.05, 3.63) is 35.9 Å². The molecule has 0 spiro atoms. The van der Waals surface area contributed by atoms with Crippen molar-refractivity contribution < 1.29 is 8.42 Å². The second-order valence-electron chi connectivity index (χ2n) is 5.75. The summed E-state index contributed by atoms with van der Waals surface area (Å²) in [5, 5.41) is 8.46. The number of nitrogens with one attached hydrogen (secondary N) is 1. The topological polar surface area (TPSA) is 72.2 Å². The van der Waals surface area contributed by atoms with Gasteiger partial charge in [-0.1, -0.05) is 24.6 Å². The summed E-state index contributed by atoms with van der Waals surface area (Å²) in [6.45, 7) is 5.26. The van der Waals surface area contributed by atoms with E-state index in [0.717, 1.165) is 18.7 Å². The third kappa shape index (κ3) is 4.08. The summed E-state index contributed by atoms with van der Waals surface area (Å²) in [5.41, 5.74) is 2.24. The summed E-state index contributed by atoms with van der Waals surface area (Å²) in [4.78, 5) is 0.149. The highest BCUT2D eigenvalue weighted by atomic mass is 32.2. The van der Waals surface area contributed by atoms with Crippen molar-refractivity contribution in [2.24, 2.45) is 17.0 Å². The van der Waals surface area contributed by atoms with Crippen LogP contribution in [0.5, 0.6) is 0 Å². The molecule has 1 aliphatic carbocycles. The molecule has 2 atom stereocenters. The predicted molar refractivity (Wildman–Crippen MR) is 81.9 cm³/mol. The quantitative estimate of drug-likeness (QED) is 0.839. The molecule has 0 heterocycles. The van der Waals surface area contributed by atoms with E-state index in [2.05, 4.69) is 25.2 Å². The number of benzene rings is 1. The molecule has 0 amide bonds. The standard InChI is InChI=1S/C15H22N2O2S/c1-11-6-12(2)8-13(7-11)10-17-14-4-3-5-15(9-14)20(16,18)19/h3-6,9,11,13,17H,7-8,10H2,1-2H3,(H2,16,18,19). The van der Waals surface area contributed by atoms with Gasteiger partial charge in [0.25, 0.3) is 0 Å². The van der Waals surface area contributed by atoms with Crippen LogP contribution in [0.4, 0.5) is 5.69 Å². The van der Waals surface area contributed by atoms with Gasteiger partial charge in [0.05, 0.1) is 4.90 Å². The summed E-state index contributed by atoms with van der Waals surface area (Å²) >= 11 is 0. The minimum atomic E-state index is -3.64. The summed E-state index contributed by atoms with van der Waals surface area (Å²) in [6, 6.07) is 6.67. The maximum Gasteiger partial charge on any atom is 0.238 e. The Morgan fingerprint density at radius 1 is 1.40 bits per heavy atom. The van der Waals surface area contributed by atoms with Gasteiger partial charge in [-0.3, -0.25) is 0 Å². The van der Waals surface area contributed by atoms with Gasteiger partial charge < -0.3 is 5.32 Å². The molecule has 110 valence electrons. The minimum absolute atomic E-state index is 0.149. The molecule has 0 aromatic heterocycles. The molecule has 1 aromatic rings. The number of anilines is 1. The van der Waals surface area contributed by atoms with Crippen molar-refractivity contribution >= 4 is 15.7 Å². The second-order valence-corrected chi connectivity index (χ2v) is 7.31. The molecule has 2 rings (SSSR count). The van der Waals surface area contributed by atoms with Gasteiger partial charge in [-0.15, -0.1) is 0 Å². The smallest absolute Gasteiger partial charge is 0.238 e. The van der Waals surface area contributed by atoms with Gasteiger partial charge in [-0.05, 0) is 49.8 Å². The molecule has 0 saturated heterocycles. The highest BCUT2D eigenvalue weighted by molar-refractivity contribution is 7.89. The van der Waals surface area contributed by atoms with Gasteiger partial charge in [0, 0.05) is 12.2 Å². The Kier molecular flexibility index (Phi) is 4.50. The van der Waals surface area contributed by atoms with Crippen LogP contribution in [0.25, 0.3) is 0 Å². The van der Waals surface area contributed by atoms with Crippen LogP contribution >= 0.6 is 0 Å². The van der Waals surface area contributed by atoms with E-state index in [-0.39, 0.29) is 4.90 Å². The van der Waals surface area contributed by atoms with Crippen LogP contribution in [0.2, 0.25) is 0 Å². The van der Waals surface area contributed by atoms with Crippen LogP contribution in [-0.4, -0.2) is 15.0 Å². The summed E-state index contributed by atoms with van der Waals surface area (Å²) < 4.78 is 22.6. The number of sulfonamides is 1. The molecule has 0 bridgehead atoms. The van der Waals surface area contributed by atoms with Crippen LogP contribution in [0.1, 0.15) is 26.7 Å². The maximum atomic E-state index is 11.3. The first-order chi connectivity index (χ1) is 9.34. The highest BCUT2D eigenvalue weighted by Gasteiger charge is 2.18. The number of hydrogen-bond donors (Lipinski definition) is 2. The van der Waals surface area contributed by atoms with E-state index in [1.165, 1.54) is 18.1 Å². The van der Waals surface area contributed by atoms with Crippen LogP contribution in [0, 0.1) is 11.8 Å². The minimum Gasteiger partial charge on any atom is -0.385 e. The molecule has 0 saturated carbocycles. The van der Waals surface area contributed by atoms with Crippen LogP contribution < -0.4 is 10.5 Å². The number of allylic oxidation sites excluding steroid dienone is 2. The Morgan fingerprint density at radius 3 is 2.80 bits per heavy atom. The first kappa shape index (κ1) is 15.1. The van der Waals surface area contributed by atoms with Crippen LogP contribution in [0.3, 0.4) is 0 Å². The van der Waals surface area contributed by atoms with Crippen molar-refractivity contribution in [3.63, 3.8) is 0 Å². The monoisotopic (exact) mass is 294 g/mol. The molecule has 2 unspecified atom stereocenters. The van der Waals surface area contributed by atoms with E-state index in [0.29, 0.717) is 11.8 Å². The Bertz CT molecular complexity index is 608. The van der Waals surface area contributed by atoms with Crippen molar-refractivity contribution in [2.75, 3.05) is 11.9 Å². The first-order valence-corrected chi connectivity index (χ1v) is 8.43. The lowest BCUT2D eigenvalue weighted by atomic mass is 9.84. The lowest BCUT2D eigenvalue weighted by Gasteiger charge is -2.26.